The summed E-state index contributed by atoms with van der Waals surface area (Å²) in [6.07, 6.45) is 8.32. The minimum atomic E-state index is -1.16. The van der Waals surface area contributed by atoms with Crippen LogP contribution in [0.3, 0.4) is 0 Å². The van der Waals surface area contributed by atoms with Crippen molar-refractivity contribution in [1.82, 2.24) is 0 Å². The van der Waals surface area contributed by atoms with Crippen LogP contribution in [0.2, 0.25) is 0 Å². The molecule has 2 unspecified atom stereocenters. The summed E-state index contributed by atoms with van der Waals surface area (Å²) in [6, 6.07) is 5.68. The van der Waals surface area contributed by atoms with Gasteiger partial charge in [0.2, 0.25) is 0 Å². The largest absolute Gasteiger partial charge is 0.373 e. The van der Waals surface area contributed by atoms with Crippen LogP contribution in [-0.2, 0) is 4.74 Å². The molecule has 0 aromatic heterocycles. The number of hydrogen-bond acceptors (Lipinski definition) is 1. The zero-order valence-electron chi connectivity index (χ0n) is 19.2. The van der Waals surface area contributed by atoms with Crippen molar-refractivity contribution in [1.29, 1.82) is 0 Å². The third kappa shape index (κ3) is 4.89. The molecule has 1 saturated carbocycles. The number of benzene rings is 2. The Morgan fingerprint density at radius 3 is 1.97 bits per heavy atom. The molecule has 1 aliphatic carbocycles. The van der Waals surface area contributed by atoms with E-state index in [1.807, 2.05) is 6.08 Å². The molecule has 2 aromatic carbocycles. The maximum absolute atomic E-state index is 15.0. The number of hydrogen-bond donors (Lipinski definition) is 0. The highest BCUT2D eigenvalue weighted by atomic mass is 19.2. The summed E-state index contributed by atoms with van der Waals surface area (Å²) in [4.78, 5) is 0. The lowest BCUT2D eigenvalue weighted by molar-refractivity contribution is -0.0214. The van der Waals surface area contributed by atoms with E-state index >= 15 is 8.78 Å². The molecule has 1 heterocycles. The van der Waals surface area contributed by atoms with Crippen LogP contribution >= 0.6 is 0 Å². The van der Waals surface area contributed by atoms with E-state index in [9.17, 15) is 8.78 Å². The Hall–Kier alpha value is -2.14. The molecule has 2 fully saturated rings. The van der Waals surface area contributed by atoms with Gasteiger partial charge >= 0.3 is 0 Å². The van der Waals surface area contributed by atoms with Crippen LogP contribution in [0.4, 0.5) is 17.6 Å². The Kier molecular flexibility index (Phi) is 7.58. The second-order valence-corrected chi connectivity index (χ2v) is 9.56. The highest BCUT2D eigenvalue weighted by Crippen LogP contribution is 2.41. The van der Waals surface area contributed by atoms with Crippen LogP contribution in [0.25, 0.3) is 11.1 Å². The molecule has 4 rings (SSSR count). The summed E-state index contributed by atoms with van der Waals surface area (Å²) in [6.45, 7) is 6.45. The van der Waals surface area contributed by atoms with Gasteiger partial charge in [0.05, 0.1) is 12.7 Å². The summed E-state index contributed by atoms with van der Waals surface area (Å²) >= 11 is 0. The highest BCUT2D eigenvalue weighted by molar-refractivity contribution is 5.66. The fourth-order valence-corrected chi connectivity index (χ4v) is 5.46. The van der Waals surface area contributed by atoms with E-state index in [1.54, 1.807) is 0 Å². The van der Waals surface area contributed by atoms with E-state index in [0.29, 0.717) is 30.4 Å². The predicted octanol–water partition coefficient (Wildman–Crippen LogP) is 8.64. The monoisotopic (exact) mass is 460 g/mol. The Bertz CT molecular complexity index is 986. The molecule has 0 bridgehead atoms. The van der Waals surface area contributed by atoms with Crippen molar-refractivity contribution in [3.63, 3.8) is 0 Å². The van der Waals surface area contributed by atoms with Gasteiger partial charge in [-0.15, -0.1) is 6.58 Å². The molecule has 2 aliphatic rings. The molecule has 0 amide bonds. The standard InChI is InChI=1S/C28H32F4O/c1-3-5-18-8-15-24(33-16-18)23-14-13-22(27(31)28(23)32)21-12-11-20(25(29)26(21)30)19-9-6-17(4-2)7-10-19/h4,11-14,17-19,24H,2-3,5-10,15-16H2,1H3. The minimum absolute atomic E-state index is 0.0753. The molecule has 2 aromatic rings. The van der Waals surface area contributed by atoms with E-state index in [2.05, 4.69) is 13.5 Å². The van der Waals surface area contributed by atoms with Crippen LogP contribution in [-0.4, -0.2) is 6.61 Å². The molecule has 178 valence electrons. The lowest BCUT2D eigenvalue weighted by Gasteiger charge is -2.29. The molecular formula is C28H32F4O. The van der Waals surface area contributed by atoms with Gasteiger partial charge in [-0.1, -0.05) is 43.7 Å². The van der Waals surface area contributed by atoms with E-state index < -0.39 is 29.4 Å². The summed E-state index contributed by atoms with van der Waals surface area (Å²) in [7, 11) is 0. The first kappa shape index (κ1) is 24.0. The lowest BCUT2D eigenvalue weighted by Crippen LogP contribution is -2.21. The predicted molar refractivity (Wildman–Crippen MR) is 123 cm³/mol. The molecule has 0 radical (unpaired) electrons. The third-order valence-corrected chi connectivity index (χ3v) is 7.47. The zero-order valence-corrected chi connectivity index (χ0v) is 19.2. The summed E-state index contributed by atoms with van der Waals surface area (Å²) in [5.41, 5.74) is -0.0723. The number of allylic oxidation sites excluding steroid dienone is 1. The third-order valence-electron chi connectivity index (χ3n) is 7.47. The smallest absolute Gasteiger partial charge is 0.167 e. The Balaban J connectivity index is 1.56. The van der Waals surface area contributed by atoms with Gasteiger partial charge in [0.15, 0.2) is 23.3 Å². The van der Waals surface area contributed by atoms with E-state index in [4.69, 9.17) is 4.74 Å². The van der Waals surface area contributed by atoms with Gasteiger partial charge in [-0.2, -0.15) is 0 Å². The van der Waals surface area contributed by atoms with Crippen molar-refractivity contribution in [3.05, 3.63) is 71.3 Å². The van der Waals surface area contributed by atoms with Crippen LogP contribution in [0, 0.1) is 35.1 Å². The first-order valence-corrected chi connectivity index (χ1v) is 12.1. The average Bonchev–Trinajstić information content (AvgIpc) is 2.84. The Morgan fingerprint density at radius 2 is 1.42 bits per heavy atom. The first-order valence-electron chi connectivity index (χ1n) is 12.1. The maximum atomic E-state index is 15.0. The molecular weight excluding hydrogens is 428 g/mol. The maximum Gasteiger partial charge on any atom is 0.167 e. The summed E-state index contributed by atoms with van der Waals surface area (Å²) in [5.74, 6) is -3.51. The van der Waals surface area contributed by atoms with Crippen LogP contribution in [0.15, 0.2) is 36.9 Å². The SMILES string of the molecule is C=CC1CCC(c2ccc(-c3ccc(C4CCC(CCC)CO4)c(F)c3F)c(F)c2F)CC1. The number of rotatable bonds is 6. The highest BCUT2D eigenvalue weighted by Gasteiger charge is 2.29. The molecule has 1 saturated heterocycles. The fourth-order valence-electron chi connectivity index (χ4n) is 5.46. The summed E-state index contributed by atoms with van der Waals surface area (Å²) < 4.78 is 65.8. The minimum Gasteiger partial charge on any atom is -0.373 e. The molecule has 0 spiro atoms. The second-order valence-electron chi connectivity index (χ2n) is 9.56. The molecule has 0 N–H and O–H groups in total. The molecule has 1 aliphatic heterocycles. The quantitative estimate of drug-likeness (QED) is 0.310. The van der Waals surface area contributed by atoms with Crippen molar-refractivity contribution in [2.24, 2.45) is 11.8 Å². The summed E-state index contributed by atoms with van der Waals surface area (Å²) in [5, 5.41) is 0. The van der Waals surface area contributed by atoms with Gasteiger partial charge in [0.1, 0.15) is 0 Å². The van der Waals surface area contributed by atoms with Gasteiger partial charge < -0.3 is 4.74 Å². The van der Waals surface area contributed by atoms with Crippen LogP contribution < -0.4 is 0 Å². The zero-order chi connectivity index (χ0) is 23.5. The van der Waals surface area contributed by atoms with E-state index in [0.717, 1.165) is 44.9 Å². The van der Waals surface area contributed by atoms with Crippen molar-refractivity contribution >= 4 is 0 Å². The van der Waals surface area contributed by atoms with Gasteiger partial charge in [0.25, 0.3) is 0 Å². The van der Waals surface area contributed by atoms with Gasteiger partial charge in [-0.3, -0.25) is 0 Å². The lowest BCUT2D eigenvalue weighted by atomic mass is 9.78. The molecule has 33 heavy (non-hydrogen) atoms. The van der Waals surface area contributed by atoms with Crippen LogP contribution in [0.5, 0.6) is 0 Å². The molecule has 2 atom stereocenters. The van der Waals surface area contributed by atoms with Gasteiger partial charge in [-0.25, -0.2) is 17.6 Å². The average molecular weight is 461 g/mol. The van der Waals surface area contributed by atoms with Gasteiger partial charge in [0, 0.05) is 16.7 Å². The Morgan fingerprint density at radius 1 is 0.818 bits per heavy atom. The molecule has 5 heteroatoms. The number of halogens is 4. The van der Waals surface area contributed by atoms with Crippen LogP contribution in [0.1, 0.15) is 81.4 Å². The second kappa shape index (κ2) is 10.4. The van der Waals surface area contributed by atoms with Crippen molar-refractivity contribution in [2.75, 3.05) is 6.61 Å². The topological polar surface area (TPSA) is 9.23 Å². The number of ether oxygens (including phenoxy) is 1. The van der Waals surface area contributed by atoms with E-state index in [1.165, 1.54) is 24.3 Å². The molecule has 1 nitrogen and oxygen atoms in total. The first-order chi connectivity index (χ1) is 15.9. The van der Waals surface area contributed by atoms with Gasteiger partial charge in [-0.05, 0) is 68.3 Å². The van der Waals surface area contributed by atoms with Crippen molar-refractivity contribution in [3.8, 4) is 11.1 Å². The van der Waals surface area contributed by atoms with E-state index in [-0.39, 0.29) is 22.6 Å². The normalized spacial score (nSPS) is 25.7. The van der Waals surface area contributed by atoms with Crippen molar-refractivity contribution in [2.45, 2.75) is 70.3 Å². The Labute approximate surface area is 193 Å². The van der Waals surface area contributed by atoms with Crippen molar-refractivity contribution < 1.29 is 22.3 Å². The fraction of sp³-hybridized carbons (Fsp3) is 0.500.